The Labute approximate surface area is 421 Å². The van der Waals surface area contributed by atoms with E-state index in [0.717, 1.165) is 12.1 Å². The number of benzene rings is 10. The minimum atomic E-state index is -0.368. The molecule has 340 valence electrons. The Morgan fingerprint density at radius 2 is 0.986 bits per heavy atom. The van der Waals surface area contributed by atoms with E-state index in [2.05, 4.69) is 267 Å². The first-order valence-electron chi connectivity index (χ1n) is 25.7. The largest absolute Gasteiger partial charge is 0.309 e. The van der Waals surface area contributed by atoms with E-state index in [0.29, 0.717) is 5.92 Å². The Kier molecular flexibility index (Phi) is 8.88. The molecule has 2 atom stereocenters. The molecule has 15 rings (SSSR count). The highest BCUT2D eigenvalue weighted by molar-refractivity contribution is 6.10. The first kappa shape index (κ1) is 41.3. The summed E-state index contributed by atoms with van der Waals surface area (Å²) in [5.41, 5.74) is 27.3. The molecular formula is C71H51N. The van der Waals surface area contributed by atoms with Crippen LogP contribution in [0, 0.1) is 0 Å². The van der Waals surface area contributed by atoms with Crippen molar-refractivity contribution < 1.29 is 0 Å². The van der Waals surface area contributed by atoms with Crippen molar-refractivity contribution >= 4 is 21.8 Å². The number of para-hydroxylation sites is 1. The summed E-state index contributed by atoms with van der Waals surface area (Å²) in [6.45, 7) is 4.75. The number of allylic oxidation sites excluding steroid dienone is 4. The van der Waals surface area contributed by atoms with E-state index in [1.807, 2.05) is 0 Å². The van der Waals surface area contributed by atoms with Crippen molar-refractivity contribution in [3.8, 4) is 50.2 Å². The molecule has 0 amide bonds. The summed E-state index contributed by atoms with van der Waals surface area (Å²) in [6, 6.07) is 87.1. The van der Waals surface area contributed by atoms with Gasteiger partial charge in [-0.3, -0.25) is 0 Å². The maximum atomic E-state index is 2.51. The van der Waals surface area contributed by atoms with Crippen LogP contribution in [0.3, 0.4) is 0 Å². The minimum absolute atomic E-state index is 0.0451. The van der Waals surface area contributed by atoms with Crippen molar-refractivity contribution in [2.24, 2.45) is 0 Å². The van der Waals surface area contributed by atoms with Gasteiger partial charge in [-0.1, -0.05) is 226 Å². The normalized spacial score (nSPS) is 16.5. The van der Waals surface area contributed by atoms with Crippen molar-refractivity contribution in [3.05, 3.63) is 304 Å². The molecule has 0 radical (unpaired) electrons. The van der Waals surface area contributed by atoms with Crippen LogP contribution in [0.25, 0.3) is 72.0 Å². The van der Waals surface area contributed by atoms with Crippen LogP contribution in [0.1, 0.15) is 82.2 Å². The Hall–Kier alpha value is -8.52. The van der Waals surface area contributed by atoms with Crippen molar-refractivity contribution in [1.29, 1.82) is 0 Å². The van der Waals surface area contributed by atoms with Crippen molar-refractivity contribution in [2.75, 3.05) is 0 Å². The average Bonchev–Trinajstić information content (AvgIpc) is 4.11. The van der Waals surface area contributed by atoms with Crippen LogP contribution in [-0.2, 0) is 10.8 Å². The molecule has 1 heteroatoms. The Morgan fingerprint density at radius 1 is 0.431 bits per heavy atom. The lowest BCUT2D eigenvalue weighted by Crippen LogP contribution is -2.25. The highest BCUT2D eigenvalue weighted by Crippen LogP contribution is 2.64. The van der Waals surface area contributed by atoms with Gasteiger partial charge < -0.3 is 4.57 Å². The van der Waals surface area contributed by atoms with Gasteiger partial charge in [-0.15, -0.1) is 0 Å². The van der Waals surface area contributed by atoms with E-state index in [9.17, 15) is 0 Å². The monoisotopic (exact) mass is 917 g/mol. The fourth-order valence-electron chi connectivity index (χ4n) is 13.9. The Balaban J connectivity index is 0.851. The van der Waals surface area contributed by atoms with E-state index < -0.39 is 0 Å². The number of fused-ring (bicyclic) bond motifs is 16. The van der Waals surface area contributed by atoms with Gasteiger partial charge in [0.05, 0.1) is 16.4 Å². The van der Waals surface area contributed by atoms with Gasteiger partial charge in [0.15, 0.2) is 0 Å². The predicted molar refractivity (Wildman–Crippen MR) is 299 cm³/mol. The predicted octanol–water partition coefficient (Wildman–Crippen LogP) is 17.9. The zero-order valence-electron chi connectivity index (χ0n) is 40.5. The zero-order valence-corrected chi connectivity index (χ0v) is 40.5. The third kappa shape index (κ3) is 5.71. The molecule has 72 heavy (non-hydrogen) atoms. The summed E-state index contributed by atoms with van der Waals surface area (Å²) in [7, 11) is 0. The number of hydrogen-bond donors (Lipinski definition) is 0. The molecule has 0 saturated heterocycles. The molecule has 2 unspecified atom stereocenters. The highest BCUT2D eigenvalue weighted by Gasteiger charge is 2.52. The summed E-state index contributed by atoms with van der Waals surface area (Å²) < 4.78 is 2.47. The third-order valence-electron chi connectivity index (χ3n) is 17.1. The van der Waals surface area contributed by atoms with Crippen LogP contribution in [0.2, 0.25) is 0 Å². The molecule has 4 aliphatic rings. The molecule has 0 bridgehead atoms. The van der Waals surface area contributed by atoms with Crippen LogP contribution in [0.5, 0.6) is 0 Å². The second-order valence-corrected chi connectivity index (χ2v) is 21.0. The van der Waals surface area contributed by atoms with Crippen LogP contribution in [0.4, 0.5) is 0 Å². The zero-order chi connectivity index (χ0) is 47.7. The quantitative estimate of drug-likeness (QED) is 0.157. The SMILES string of the molecule is CC1(C)c2ccccc2-c2cc(C(C3=CCC(c4ccccc4)C=C3)c3ccc4c(c3)c3ccccc3n4-c3ccc(-c4cccc5c4-c4ccccc4C54c5ccccc5-c5ccccc54)cc3)ccc21. The summed E-state index contributed by atoms with van der Waals surface area (Å²) in [5.74, 6) is 0.431. The van der Waals surface area contributed by atoms with E-state index in [1.165, 1.54) is 122 Å². The molecule has 0 saturated carbocycles. The van der Waals surface area contributed by atoms with Crippen molar-refractivity contribution in [3.63, 3.8) is 0 Å². The average molecular weight is 918 g/mol. The molecule has 0 N–H and O–H groups in total. The van der Waals surface area contributed by atoms with E-state index in [4.69, 9.17) is 0 Å². The summed E-state index contributed by atoms with van der Waals surface area (Å²) in [5, 5.41) is 2.53. The van der Waals surface area contributed by atoms with Gasteiger partial charge in [0.1, 0.15) is 0 Å². The first-order chi connectivity index (χ1) is 35.5. The maximum absolute atomic E-state index is 2.51. The standard InChI is InChI=1S/C71H51N/c1-70(2)60-25-11-6-21-55(60)58-43-49(37-41-61(58)70)68(48-33-31-46(32-34-48)45-17-4-3-5-18-45)50-38-42-67-59(44-50)56-22-10-15-30-66(56)72(67)51-39-35-47(36-40-51)52-24-16-29-65-69(52)57-23-9-14-28-64(57)71(65)62-26-12-7-19-53(62)54-20-8-13-27-63(54)71/h3-31,33-44,46,68H,32H2,1-2H3. The van der Waals surface area contributed by atoms with Gasteiger partial charge in [-0.05, 0) is 143 Å². The highest BCUT2D eigenvalue weighted by atomic mass is 15.0. The van der Waals surface area contributed by atoms with Crippen molar-refractivity contribution in [1.82, 2.24) is 4.57 Å². The van der Waals surface area contributed by atoms with Gasteiger partial charge in [-0.2, -0.15) is 0 Å². The second kappa shape index (κ2) is 15.5. The molecule has 0 aliphatic heterocycles. The molecule has 1 aromatic heterocycles. The summed E-state index contributed by atoms with van der Waals surface area (Å²) >= 11 is 0. The second-order valence-electron chi connectivity index (χ2n) is 21.0. The molecule has 1 nitrogen and oxygen atoms in total. The van der Waals surface area contributed by atoms with E-state index in [1.54, 1.807) is 0 Å². The fourth-order valence-corrected chi connectivity index (χ4v) is 13.9. The third-order valence-corrected chi connectivity index (χ3v) is 17.1. The first-order valence-corrected chi connectivity index (χ1v) is 25.7. The van der Waals surface area contributed by atoms with E-state index in [-0.39, 0.29) is 16.7 Å². The minimum Gasteiger partial charge on any atom is -0.309 e. The fraction of sp³-hybridized carbons (Fsp3) is 0.0986. The van der Waals surface area contributed by atoms with Crippen molar-refractivity contribution in [2.45, 2.75) is 42.9 Å². The van der Waals surface area contributed by atoms with Gasteiger partial charge in [0.2, 0.25) is 0 Å². The lowest BCUT2D eigenvalue weighted by Gasteiger charge is -2.30. The number of nitrogens with zero attached hydrogens (tertiary/aromatic N) is 1. The molecular weight excluding hydrogens is 867 g/mol. The van der Waals surface area contributed by atoms with Crippen LogP contribution in [-0.4, -0.2) is 4.57 Å². The van der Waals surface area contributed by atoms with Gasteiger partial charge >= 0.3 is 0 Å². The van der Waals surface area contributed by atoms with Gasteiger partial charge in [-0.25, -0.2) is 0 Å². The van der Waals surface area contributed by atoms with Gasteiger partial charge in [0, 0.05) is 33.7 Å². The molecule has 10 aromatic carbocycles. The molecule has 4 aliphatic carbocycles. The maximum Gasteiger partial charge on any atom is 0.0725 e. The Morgan fingerprint density at radius 3 is 1.71 bits per heavy atom. The topological polar surface area (TPSA) is 4.93 Å². The molecule has 1 heterocycles. The lowest BCUT2D eigenvalue weighted by atomic mass is 9.70. The van der Waals surface area contributed by atoms with Gasteiger partial charge in [0.25, 0.3) is 0 Å². The number of hydrogen-bond acceptors (Lipinski definition) is 0. The molecule has 1 spiro atoms. The Bertz CT molecular complexity index is 4050. The smallest absolute Gasteiger partial charge is 0.0725 e. The number of rotatable bonds is 6. The molecule has 0 fully saturated rings. The van der Waals surface area contributed by atoms with E-state index >= 15 is 0 Å². The summed E-state index contributed by atoms with van der Waals surface area (Å²) in [4.78, 5) is 0. The van der Waals surface area contributed by atoms with Crippen LogP contribution < -0.4 is 0 Å². The summed E-state index contributed by atoms with van der Waals surface area (Å²) in [6.07, 6.45) is 8.34. The van der Waals surface area contributed by atoms with Crippen LogP contribution in [0.15, 0.2) is 254 Å². The lowest BCUT2D eigenvalue weighted by molar-refractivity contribution is 0.660. The molecule has 11 aromatic rings. The van der Waals surface area contributed by atoms with Crippen LogP contribution >= 0.6 is 0 Å². The number of aromatic nitrogens is 1.